The highest BCUT2D eigenvalue weighted by Crippen LogP contribution is 2.35. The molecule has 0 aromatic carbocycles. The zero-order valence-corrected chi connectivity index (χ0v) is 15.4. The third-order valence-electron chi connectivity index (χ3n) is 3.89. The van der Waals surface area contributed by atoms with E-state index in [0.717, 1.165) is 9.13 Å². The molecule has 2 rings (SSSR count). The summed E-state index contributed by atoms with van der Waals surface area (Å²) in [7, 11) is 1.37. The number of alkyl halides is 3. The number of aromatic nitrogens is 2. The molecule has 2 heterocycles. The number of hydrogen-bond acceptors (Lipinski definition) is 6. The average Bonchev–Trinajstić information content (AvgIpc) is 2.86. The fraction of sp³-hybridized carbons (Fsp3) is 0.533. The quantitative estimate of drug-likeness (QED) is 0.735. The van der Waals surface area contributed by atoms with Gasteiger partial charge in [-0.05, 0) is 13.8 Å². The summed E-state index contributed by atoms with van der Waals surface area (Å²) in [6, 6.07) is 0. The van der Waals surface area contributed by atoms with Crippen LogP contribution in [0.1, 0.15) is 18.9 Å². The zero-order valence-electron chi connectivity index (χ0n) is 14.6. The number of halogens is 3. The Bertz CT molecular complexity index is 975. The van der Waals surface area contributed by atoms with Gasteiger partial charge >= 0.3 is 18.0 Å². The minimum Gasteiger partial charge on any atom is -0.449 e. The highest BCUT2D eigenvalue weighted by molar-refractivity contribution is 7.20. The smallest absolute Gasteiger partial charge is 0.449 e. The number of fused-ring (bicyclic) bond motifs is 1. The van der Waals surface area contributed by atoms with E-state index >= 15 is 0 Å². The third kappa shape index (κ3) is 4.50. The molecule has 0 aliphatic heterocycles. The molecule has 1 atom stereocenters. The van der Waals surface area contributed by atoms with Gasteiger partial charge in [0.1, 0.15) is 4.83 Å². The van der Waals surface area contributed by atoms with Gasteiger partial charge in [0.25, 0.3) is 5.56 Å². The number of aryl methyl sites for hydroxylation is 2. The van der Waals surface area contributed by atoms with Crippen LogP contribution in [-0.2, 0) is 17.8 Å². The second-order valence-electron chi connectivity index (χ2n) is 5.82. The minimum atomic E-state index is -4.51. The molecule has 0 aliphatic rings. The highest BCUT2D eigenvalue weighted by Gasteiger charge is 2.29. The van der Waals surface area contributed by atoms with Gasteiger partial charge in [-0.1, -0.05) is 11.3 Å². The van der Waals surface area contributed by atoms with Crippen molar-refractivity contribution in [2.75, 3.05) is 7.11 Å². The molecular weight excluding hydrogens is 393 g/mol. The summed E-state index contributed by atoms with van der Waals surface area (Å²) in [6.07, 6.45) is -7.98. The van der Waals surface area contributed by atoms with Crippen LogP contribution in [-0.4, -0.2) is 39.8 Å². The van der Waals surface area contributed by atoms with Crippen LogP contribution in [0.15, 0.2) is 9.59 Å². The Kier molecular flexibility index (Phi) is 6.00. The van der Waals surface area contributed by atoms with Gasteiger partial charge in [-0.3, -0.25) is 13.9 Å². The molecule has 8 nitrogen and oxygen atoms in total. The number of nitrogens with zero attached hydrogens (tertiary/aromatic N) is 2. The average molecular weight is 410 g/mol. The Morgan fingerprint density at radius 3 is 2.44 bits per heavy atom. The van der Waals surface area contributed by atoms with Crippen molar-refractivity contribution in [1.82, 2.24) is 9.13 Å². The van der Waals surface area contributed by atoms with E-state index in [-0.39, 0.29) is 27.4 Å². The van der Waals surface area contributed by atoms with Gasteiger partial charge in [-0.25, -0.2) is 9.59 Å². The van der Waals surface area contributed by atoms with Crippen LogP contribution in [0.3, 0.4) is 0 Å². The lowest BCUT2D eigenvalue weighted by atomic mass is 10.2. The molecule has 12 heteroatoms. The van der Waals surface area contributed by atoms with Crippen LogP contribution in [0, 0.1) is 6.92 Å². The van der Waals surface area contributed by atoms with E-state index < -0.39 is 42.7 Å². The lowest BCUT2D eigenvalue weighted by Crippen LogP contribution is -2.42. The van der Waals surface area contributed by atoms with Crippen molar-refractivity contribution >= 4 is 27.7 Å². The SMILES string of the molecule is COC(C)Cn1c(=O)c2c(C)c(OC(=O)O)sc2n(CCC(F)(F)F)c1=O. The summed E-state index contributed by atoms with van der Waals surface area (Å²) in [5.41, 5.74) is -1.53. The molecule has 2 aromatic heterocycles. The fourth-order valence-corrected chi connectivity index (χ4v) is 3.65. The number of ether oxygens (including phenoxy) is 2. The maximum absolute atomic E-state index is 12.7. The highest BCUT2D eigenvalue weighted by atomic mass is 32.1. The van der Waals surface area contributed by atoms with Crippen molar-refractivity contribution in [2.45, 2.75) is 45.6 Å². The van der Waals surface area contributed by atoms with Gasteiger partial charge in [-0.15, -0.1) is 0 Å². The lowest BCUT2D eigenvalue weighted by molar-refractivity contribution is -0.136. The van der Waals surface area contributed by atoms with Crippen LogP contribution in [0.25, 0.3) is 10.2 Å². The van der Waals surface area contributed by atoms with Gasteiger partial charge in [0.05, 0.1) is 24.5 Å². The number of carbonyl (C=O) groups is 1. The molecule has 0 saturated carbocycles. The predicted octanol–water partition coefficient (Wildman–Crippen LogP) is 2.58. The van der Waals surface area contributed by atoms with Crippen molar-refractivity contribution in [3.63, 3.8) is 0 Å². The van der Waals surface area contributed by atoms with Crippen molar-refractivity contribution < 1.29 is 32.5 Å². The minimum absolute atomic E-state index is 0.0543. The van der Waals surface area contributed by atoms with Gasteiger partial charge in [0, 0.05) is 19.2 Å². The first kappa shape index (κ1) is 21.0. The third-order valence-corrected chi connectivity index (χ3v) is 5.08. The molecule has 150 valence electrons. The first-order valence-electron chi connectivity index (χ1n) is 7.73. The monoisotopic (exact) mass is 410 g/mol. The largest absolute Gasteiger partial charge is 0.512 e. The summed E-state index contributed by atoms with van der Waals surface area (Å²) in [4.78, 5) is 36.2. The van der Waals surface area contributed by atoms with Crippen LogP contribution in [0.4, 0.5) is 18.0 Å². The molecule has 0 amide bonds. The fourth-order valence-electron chi connectivity index (χ4n) is 2.48. The Morgan fingerprint density at radius 1 is 1.30 bits per heavy atom. The maximum atomic E-state index is 12.7. The molecule has 0 radical (unpaired) electrons. The molecule has 1 unspecified atom stereocenters. The topological polar surface area (TPSA) is 99.8 Å². The van der Waals surface area contributed by atoms with Crippen molar-refractivity contribution in [3.05, 3.63) is 26.4 Å². The molecule has 0 fully saturated rings. The molecule has 27 heavy (non-hydrogen) atoms. The number of carboxylic acid groups (broad SMARTS) is 1. The van der Waals surface area contributed by atoms with E-state index in [2.05, 4.69) is 4.74 Å². The summed E-state index contributed by atoms with van der Waals surface area (Å²) < 4.78 is 49.2. The van der Waals surface area contributed by atoms with Gasteiger partial charge in [-0.2, -0.15) is 13.2 Å². The van der Waals surface area contributed by atoms with Crippen molar-refractivity contribution in [2.24, 2.45) is 0 Å². The second kappa shape index (κ2) is 7.72. The summed E-state index contributed by atoms with van der Waals surface area (Å²) in [5, 5.41) is 8.56. The van der Waals surface area contributed by atoms with Crippen LogP contribution in [0.2, 0.25) is 0 Å². The molecule has 0 spiro atoms. The first-order valence-corrected chi connectivity index (χ1v) is 8.55. The van der Waals surface area contributed by atoms with Gasteiger partial charge in [0.15, 0.2) is 5.06 Å². The van der Waals surface area contributed by atoms with Crippen molar-refractivity contribution in [3.8, 4) is 5.06 Å². The van der Waals surface area contributed by atoms with E-state index in [0.29, 0.717) is 11.3 Å². The van der Waals surface area contributed by atoms with E-state index in [1.54, 1.807) is 6.92 Å². The number of methoxy groups -OCH3 is 1. The number of hydrogen-bond donors (Lipinski definition) is 1. The molecular formula is C15H17F3N2O6S. The Hall–Kier alpha value is -2.34. The summed E-state index contributed by atoms with van der Waals surface area (Å²) in [6.45, 7) is 2.12. The summed E-state index contributed by atoms with van der Waals surface area (Å²) >= 11 is 0.639. The molecule has 2 aromatic rings. The molecule has 1 N–H and O–H groups in total. The second-order valence-corrected chi connectivity index (χ2v) is 6.79. The van der Waals surface area contributed by atoms with Crippen LogP contribution in [0.5, 0.6) is 5.06 Å². The summed E-state index contributed by atoms with van der Waals surface area (Å²) in [5.74, 6) is 0. The van der Waals surface area contributed by atoms with E-state index in [9.17, 15) is 27.6 Å². The Morgan fingerprint density at radius 2 is 1.93 bits per heavy atom. The maximum Gasteiger partial charge on any atom is 0.512 e. The standard InChI is InChI=1S/C15H17F3N2O6S/c1-7(25-3)6-20-10(21)9-8(2)12(26-14(23)24)27-11(9)19(13(20)22)5-4-15(16,17)18/h7H,4-6H2,1-3H3,(H,23,24). The van der Waals surface area contributed by atoms with E-state index in [1.807, 2.05) is 0 Å². The van der Waals surface area contributed by atoms with Gasteiger partial charge < -0.3 is 14.6 Å². The van der Waals surface area contributed by atoms with Gasteiger partial charge in [0.2, 0.25) is 0 Å². The number of rotatable bonds is 6. The number of thiophene rings is 1. The molecule has 0 aliphatic carbocycles. The zero-order chi connectivity index (χ0) is 20.5. The van der Waals surface area contributed by atoms with E-state index in [1.165, 1.54) is 14.0 Å². The Balaban J connectivity index is 2.76. The van der Waals surface area contributed by atoms with Crippen LogP contribution < -0.4 is 16.0 Å². The van der Waals surface area contributed by atoms with Crippen molar-refractivity contribution in [1.29, 1.82) is 0 Å². The Labute approximate surface area is 154 Å². The predicted molar refractivity (Wildman–Crippen MR) is 90.9 cm³/mol. The van der Waals surface area contributed by atoms with E-state index in [4.69, 9.17) is 9.84 Å². The normalized spacial score (nSPS) is 13.1. The molecule has 0 bridgehead atoms. The van der Waals surface area contributed by atoms with Crippen LogP contribution >= 0.6 is 11.3 Å². The molecule has 0 saturated heterocycles. The lowest BCUT2D eigenvalue weighted by Gasteiger charge is -2.15. The first-order chi connectivity index (χ1) is 12.5.